The van der Waals surface area contributed by atoms with Crippen molar-refractivity contribution in [1.82, 2.24) is 9.13 Å². The van der Waals surface area contributed by atoms with E-state index in [-0.39, 0.29) is 0 Å². The van der Waals surface area contributed by atoms with Gasteiger partial charge in [0.15, 0.2) is 0 Å². The van der Waals surface area contributed by atoms with Gasteiger partial charge in [0.1, 0.15) is 0 Å². The molecular weight excluding hydrogens is 897 g/mol. The molecule has 0 saturated heterocycles. The molecule has 0 amide bonds. The van der Waals surface area contributed by atoms with Crippen molar-refractivity contribution in [2.75, 3.05) is 36.0 Å². The van der Waals surface area contributed by atoms with Gasteiger partial charge in [-0.25, -0.2) is 0 Å². The van der Waals surface area contributed by atoms with Crippen molar-refractivity contribution in [3.63, 3.8) is 0 Å². The van der Waals surface area contributed by atoms with Gasteiger partial charge in [0.25, 0.3) is 0 Å². The lowest BCUT2D eigenvalue weighted by Gasteiger charge is -2.25. The fourth-order valence-corrected chi connectivity index (χ4v) is 12.0. The molecule has 0 aliphatic carbocycles. The van der Waals surface area contributed by atoms with Crippen LogP contribution in [-0.2, 0) is 0 Å². The van der Waals surface area contributed by atoms with Crippen LogP contribution < -0.4 is 9.80 Å². The highest BCUT2D eigenvalue weighted by Gasteiger charge is 2.19. The van der Waals surface area contributed by atoms with Crippen molar-refractivity contribution in [3.05, 3.63) is 132 Å². The normalized spacial score (nSPS) is 11.8. The molecule has 8 aromatic rings. The predicted molar refractivity (Wildman–Crippen MR) is 328 cm³/mol. The molecule has 0 spiro atoms. The molecule has 4 heteroatoms. The molecule has 74 heavy (non-hydrogen) atoms. The molecule has 0 fully saturated rings. The number of unbranched alkanes of at least 4 members (excludes halogenated alkanes) is 20. The van der Waals surface area contributed by atoms with Crippen molar-refractivity contribution >= 4 is 55.0 Å². The fourth-order valence-electron chi connectivity index (χ4n) is 12.0. The molecule has 0 N–H and O–H groups in total. The van der Waals surface area contributed by atoms with E-state index in [0.29, 0.717) is 0 Å². The Morgan fingerprint density at radius 2 is 0.730 bits per heavy atom. The zero-order valence-corrected chi connectivity index (χ0v) is 47.1. The quantitative estimate of drug-likeness (QED) is 0.0381. The van der Waals surface area contributed by atoms with Gasteiger partial charge >= 0.3 is 0 Å². The minimum absolute atomic E-state index is 1.14. The topological polar surface area (TPSA) is 16.3 Å². The van der Waals surface area contributed by atoms with Gasteiger partial charge in [-0.1, -0.05) is 198 Å². The van der Waals surface area contributed by atoms with Gasteiger partial charge in [0.05, 0.1) is 22.1 Å². The summed E-state index contributed by atoms with van der Waals surface area (Å²) in [5.41, 5.74) is 15.3. The summed E-state index contributed by atoms with van der Waals surface area (Å²) in [4.78, 5) is 5.37. The number of hydrogen-bond donors (Lipinski definition) is 0. The molecule has 0 aliphatic rings. The van der Waals surface area contributed by atoms with E-state index in [4.69, 9.17) is 0 Å². The average Bonchev–Trinajstić information content (AvgIpc) is 3.92. The van der Waals surface area contributed by atoms with Gasteiger partial charge in [-0.15, -0.1) is 0 Å². The first-order valence-corrected chi connectivity index (χ1v) is 30.2. The third kappa shape index (κ3) is 13.9. The Morgan fingerprint density at radius 3 is 1.22 bits per heavy atom. The van der Waals surface area contributed by atoms with Gasteiger partial charge in [-0.2, -0.15) is 0 Å². The van der Waals surface area contributed by atoms with Crippen LogP contribution in [0.3, 0.4) is 0 Å². The molecule has 0 aliphatic heterocycles. The molecular formula is C70H94N4. The van der Waals surface area contributed by atoms with Gasteiger partial charge in [0.2, 0.25) is 0 Å². The number of aryl methyl sites for hydroxylation is 2. The molecule has 8 rings (SSSR count). The Hall–Kier alpha value is -5.48. The van der Waals surface area contributed by atoms with E-state index < -0.39 is 0 Å². The first-order chi connectivity index (χ1) is 36.4. The fraction of sp³-hybridized carbons (Fsp3) is 0.486. The van der Waals surface area contributed by atoms with Crippen LogP contribution >= 0.6 is 0 Å². The Kier molecular flexibility index (Phi) is 21.0. The van der Waals surface area contributed by atoms with E-state index >= 15 is 0 Å². The third-order valence-corrected chi connectivity index (χ3v) is 16.3. The van der Waals surface area contributed by atoms with Crippen molar-refractivity contribution in [1.29, 1.82) is 0 Å². The zero-order chi connectivity index (χ0) is 51.5. The van der Waals surface area contributed by atoms with E-state index in [1.54, 1.807) is 0 Å². The zero-order valence-electron chi connectivity index (χ0n) is 47.1. The van der Waals surface area contributed by atoms with E-state index in [1.807, 2.05) is 0 Å². The largest absolute Gasteiger partial charge is 0.372 e. The lowest BCUT2D eigenvalue weighted by atomic mass is 9.97. The maximum absolute atomic E-state index is 2.69. The van der Waals surface area contributed by atoms with Crippen LogP contribution in [0.15, 0.2) is 121 Å². The Morgan fingerprint density at radius 1 is 0.324 bits per heavy atom. The Labute approximate surface area is 448 Å². The van der Waals surface area contributed by atoms with Gasteiger partial charge in [-0.3, -0.25) is 0 Å². The van der Waals surface area contributed by atoms with E-state index in [2.05, 4.69) is 182 Å². The summed E-state index contributed by atoms with van der Waals surface area (Å²) in [6.45, 7) is 18.4. The molecule has 0 atom stereocenters. The summed E-state index contributed by atoms with van der Waals surface area (Å²) >= 11 is 0. The van der Waals surface area contributed by atoms with Gasteiger partial charge < -0.3 is 18.9 Å². The second-order valence-corrected chi connectivity index (χ2v) is 22.2. The third-order valence-electron chi connectivity index (χ3n) is 16.3. The number of fused-ring (bicyclic) bond motifs is 6. The molecule has 2 heterocycles. The number of rotatable bonds is 33. The Bertz CT molecular complexity index is 2900. The van der Waals surface area contributed by atoms with Gasteiger partial charge in [0, 0.05) is 70.5 Å². The van der Waals surface area contributed by atoms with Gasteiger partial charge in [-0.05, 0) is 141 Å². The van der Waals surface area contributed by atoms with E-state index in [0.717, 1.165) is 26.2 Å². The van der Waals surface area contributed by atoms with Crippen LogP contribution in [-0.4, -0.2) is 35.3 Å². The number of anilines is 2. The highest BCUT2D eigenvalue weighted by molar-refractivity contribution is 6.12. The summed E-state index contributed by atoms with van der Waals surface area (Å²) < 4.78 is 5.04. The summed E-state index contributed by atoms with van der Waals surface area (Å²) in [7, 11) is 0. The van der Waals surface area contributed by atoms with Crippen molar-refractivity contribution < 1.29 is 0 Å². The average molecular weight is 992 g/mol. The number of para-hydroxylation sites is 1. The van der Waals surface area contributed by atoms with E-state index in [9.17, 15) is 0 Å². The van der Waals surface area contributed by atoms with Crippen LogP contribution in [0.1, 0.15) is 193 Å². The van der Waals surface area contributed by atoms with Crippen molar-refractivity contribution in [2.24, 2.45) is 0 Å². The summed E-state index contributed by atoms with van der Waals surface area (Å²) in [5, 5.41) is 5.24. The molecule has 0 bridgehead atoms. The molecule has 4 nitrogen and oxygen atoms in total. The molecule has 2 aromatic heterocycles. The number of hydrogen-bond acceptors (Lipinski definition) is 2. The molecule has 0 saturated carbocycles. The minimum atomic E-state index is 1.14. The maximum atomic E-state index is 2.69. The first-order valence-electron chi connectivity index (χ1n) is 30.2. The predicted octanol–water partition coefficient (Wildman–Crippen LogP) is 21.2. The van der Waals surface area contributed by atoms with Crippen LogP contribution in [0, 0.1) is 13.8 Å². The second kappa shape index (κ2) is 28.4. The van der Waals surface area contributed by atoms with Crippen LogP contribution in [0.25, 0.3) is 66.1 Å². The lowest BCUT2D eigenvalue weighted by molar-refractivity contribution is 0.575. The van der Waals surface area contributed by atoms with Crippen LogP contribution in [0.5, 0.6) is 0 Å². The second-order valence-electron chi connectivity index (χ2n) is 22.2. The highest BCUT2D eigenvalue weighted by atomic mass is 15.1. The van der Waals surface area contributed by atoms with Crippen molar-refractivity contribution in [3.8, 4) is 22.5 Å². The number of aromatic nitrogens is 2. The summed E-state index contributed by atoms with van der Waals surface area (Å²) in [6.07, 6.45) is 32.0. The smallest absolute Gasteiger partial charge is 0.0547 e. The number of benzene rings is 6. The highest BCUT2D eigenvalue weighted by Crippen LogP contribution is 2.40. The SMILES string of the molecule is CCCCCCCCN(CCCCCCCC)c1ccc(-n2c3ccccc3c3ccc(-c4cc5c(cc4C)c4cc(C)ccc4n5-c4ccc(N(CCCCCCCC)CCCCCCCC)cc4)cc32)cc1. The summed E-state index contributed by atoms with van der Waals surface area (Å²) in [5.74, 6) is 0. The van der Waals surface area contributed by atoms with Crippen LogP contribution in [0.4, 0.5) is 11.4 Å². The standard InChI is InChI=1S/C70H94N4/c1-7-11-15-19-23-29-47-71(48-30-24-20-16-12-8-2)58-37-41-60(42-38-58)73-67-34-28-27-33-62(67)63-45-36-57(53-69(63)73)64-54-70-66(52-56(64)6)65-51-55(5)35-46-68(65)74(70)61-43-39-59(40-44-61)72(49-31-25-21-17-13-9-3)50-32-26-22-18-14-10-4/h27-28,33-46,51-54H,7-26,29-32,47-50H2,1-6H3. The number of nitrogens with zero attached hydrogens (tertiary/aromatic N) is 4. The van der Waals surface area contributed by atoms with E-state index in [1.165, 1.54) is 243 Å². The lowest BCUT2D eigenvalue weighted by Crippen LogP contribution is -2.25. The first kappa shape index (κ1) is 54.8. The minimum Gasteiger partial charge on any atom is -0.372 e. The Balaban J connectivity index is 1.11. The summed E-state index contributed by atoms with van der Waals surface area (Å²) in [6, 6.07) is 47.4. The monoisotopic (exact) mass is 991 g/mol. The molecule has 394 valence electrons. The molecule has 6 aromatic carbocycles. The van der Waals surface area contributed by atoms with Crippen molar-refractivity contribution in [2.45, 2.75) is 196 Å². The van der Waals surface area contributed by atoms with Crippen LogP contribution in [0.2, 0.25) is 0 Å². The molecule has 0 unspecified atom stereocenters. The molecule has 0 radical (unpaired) electrons. The maximum Gasteiger partial charge on any atom is 0.0547 e.